The van der Waals surface area contributed by atoms with Crippen LogP contribution >= 0.6 is 11.3 Å². The summed E-state index contributed by atoms with van der Waals surface area (Å²) in [5, 5.41) is 5.35. The Kier molecular flexibility index (Phi) is 2.25. The Morgan fingerprint density at radius 1 is 1.54 bits per heavy atom. The van der Waals surface area contributed by atoms with Crippen molar-refractivity contribution in [1.29, 1.82) is 0 Å². The predicted molar refractivity (Wildman–Crippen MR) is 48.2 cm³/mol. The summed E-state index contributed by atoms with van der Waals surface area (Å²) in [6.45, 7) is 1.48. The minimum atomic E-state index is 0.333. The topological polar surface area (TPSA) is 67.2 Å². The fourth-order valence-corrected chi connectivity index (χ4v) is 1.94. The van der Waals surface area contributed by atoms with E-state index in [4.69, 9.17) is 15.0 Å². The lowest BCUT2D eigenvalue weighted by molar-refractivity contribution is 0.172. The molecule has 6 heteroatoms. The molecule has 0 spiro atoms. The van der Waals surface area contributed by atoms with Crippen LogP contribution in [-0.2, 0) is 6.54 Å². The molecule has 0 saturated heterocycles. The Morgan fingerprint density at radius 3 is 3.23 bits per heavy atom. The van der Waals surface area contributed by atoms with E-state index < -0.39 is 0 Å². The van der Waals surface area contributed by atoms with Gasteiger partial charge >= 0.3 is 0 Å². The summed E-state index contributed by atoms with van der Waals surface area (Å²) < 4.78 is 10.7. The van der Waals surface area contributed by atoms with Gasteiger partial charge in [-0.25, -0.2) is 0 Å². The van der Waals surface area contributed by atoms with Gasteiger partial charge in [0.2, 0.25) is 0 Å². The number of rotatable bonds is 2. The van der Waals surface area contributed by atoms with Crippen LogP contribution in [0.5, 0.6) is 11.5 Å². The molecule has 68 valence electrons. The van der Waals surface area contributed by atoms with Gasteiger partial charge in [0.05, 0.1) is 11.4 Å². The molecule has 2 rings (SSSR count). The highest BCUT2D eigenvalue weighted by Crippen LogP contribution is 2.39. The summed E-state index contributed by atoms with van der Waals surface area (Å²) in [4.78, 5) is 3.62. The van der Waals surface area contributed by atoms with Crippen LogP contribution < -0.4 is 9.47 Å². The lowest BCUT2D eigenvalue weighted by atomic mass is 10.4. The zero-order valence-electron chi connectivity index (χ0n) is 6.77. The van der Waals surface area contributed by atoms with Crippen LogP contribution in [0.3, 0.4) is 0 Å². The molecule has 5 nitrogen and oxygen atoms in total. The van der Waals surface area contributed by atoms with Crippen LogP contribution in [0.4, 0.5) is 0 Å². The van der Waals surface area contributed by atoms with Gasteiger partial charge in [0.1, 0.15) is 13.2 Å². The third kappa shape index (κ3) is 1.54. The molecule has 0 aliphatic carbocycles. The Balaban J connectivity index is 2.26. The van der Waals surface area contributed by atoms with Gasteiger partial charge in [0.15, 0.2) is 11.5 Å². The van der Waals surface area contributed by atoms with Crippen molar-refractivity contribution in [2.75, 3.05) is 13.2 Å². The van der Waals surface area contributed by atoms with E-state index >= 15 is 0 Å². The monoisotopic (exact) mass is 197 g/mol. The summed E-state index contributed by atoms with van der Waals surface area (Å²) in [5.74, 6) is 1.50. The first kappa shape index (κ1) is 8.22. The van der Waals surface area contributed by atoms with Crippen molar-refractivity contribution >= 4 is 11.3 Å². The van der Waals surface area contributed by atoms with E-state index in [2.05, 4.69) is 10.0 Å². The van der Waals surface area contributed by atoms with Gasteiger partial charge in [-0.2, -0.15) is 0 Å². The molecule has 0 saturated carbocycles. The second kappa shape index (κ2) is 3.55. The third-order valence-electron chi connectivity index (χ3n) is 1.65. The van der Waals surface area contributed by atoms with Crippen molar-refractivity contribution < 1.29 is 9.47 Å². The van der Waals surface area contributed by atoms with Gasteiger partial charge in [0, 0.05) is 10.3 Å². The van der Waals surface area contributed by atoms with Gasteiger partial charge in [-0.3, -0.25) is 0 Å². The predicted octanol–water partition coefficient (Wildman–Crippen LogP) is 2.33. The number of fused-ring (bicyclic) bond motifs is 1. The first-order valence-corrected chi connectivity index (χ1v) is 4.66. The van der Waals surface area contributed by atoms with Crippen LogP contribution in [0.25, 0.3) is 10.4 Å². The standard InChI is InChI=1S/C7H7N3O2S/c8-10-9-3-6-7-5(4-13-6)11-1-2-12-7/h4H,1-3H2. The summed E-state index contributed by atoms with van der Waals surface area (Å²) in [7, 11) is 0. The van der Waals surface area contributed by atoms with Crippen molar-refractivity contribution in [3.63, 3.8) is 0 Å². The highest BCUT2D eigenvalue weighted by molar-refractivity contribution is 7.10. The number of azide groups is 1. The van der Waals surface area contributed by atoms with Crippen LogP contribution in [0.1, 0.15) is 4.88 Å². The summed E-state index contributed by atoms with van der Waals surface area (Å²) in [6.07, 6.45) is 0. The van der Waals surface area contributed by atoms with Crippen LogP contribution in [-0.4, -0.2) is 13.2 Å². The second-order valence-corrected chi connectivity index (χ2v) is 3.40. The van der Waals surface area contributed by atoms with Crippen LogP contribution in [0, 0.1) is 0 Å². The van der Waals surface area contributed by atoms with E-state index in [1.54, 1.807) is 0 Å². The molecule has 0 amide bonds. The lowest BCUT2D eigenvalue weighted by Gasteiger charge is -2.15. The van der Waals surface area contributed by atoms with E-state index in [1.165, 1.54) is 11.3 Å². The number of hydrogen-bond donors (Lipinski definition) is 0. The Hall–Kier alpha value is -1.39. The molecule has 1 aromatic rings. The van der Waals surface area contributed by atoms with Crippen molar-refractivity contribution in [3.8, 4) is 11.5 Å². The highest BCUT2D eigenvalue weighted by atomic mass is 32.1. The molecule has 0 bridgehead atoms. The maximum Gasteiger partial charge on any atom is 0.175 e. The van der Waals surface area contributed by atoms with E-state index in [0.29, 0.717) is 19.8 Å². The van der Waals surface area contributed by atoms with E-state index in [0.717, 1.165) is 16.4 Å². The van der Waals surface area contributed by atoms with Crippen molar-refractivity contribution in [2.45, 2.75) is 6.54 Å². The Bertz CT molecular complexity index is 357. The second-order valence-electron chi connectivity index (χ2n) is 2.44. The maximum absolute atomic E-state index is 8.16. The zero-order valence-corrected chi connectivity index (χ0v) is 7.58. The van der Waals surface area contributed by atoms with Crippen molar-refractivity contribution in [2.24, 2.45) is 5.11 Å². The molecular formula is C7H7N3O2S. The van der Waals surface area contributed by atoms with Gasteiger partial charge in [-0.15, -0.1) is 11.3 Å². The fraction of sp³-hybridized carbons (Fsp3) is 0.429. The van der Waals surface area contributed by atoms with E-state index in [9.17, 15) is 0 Å². The van der Waals surface area contributed by atoms with Gasteiger partial charge < -0.3 is 9.47 Å². The van der Waals surface area contributed by atoms with Gasteiger partial charge in [0.25, 0.3) is 0 Å². The number of ether oxygens (including phenoxy) is 2. The number of thiophene rings is 1. The number of hydrogen-bond acceptors (Lipinski definition) is 4. The fourth-order valence-electron chi connectivity index (χ4n) is 1.12. The zero-order chi connectivity index (χ0) is 9.10. The van der Waals surface area contributed by atoms with Gasteiger partial charge in [-0.1, -0.05) is 5.11 Å². The molecule has 0 atom stereocenters. The normalized spacial score (nSPS) is 13.5. The molecule has 1 aliphatic rings. The molecule has 13 heavy (non-hydrogen) atoms. The Morgan fingerprint density at radius 2 is 2.38 bits per heavy atom. The molecule has 1 aromatic heterocycles. The minimum absolute atomic E-state index is 0.333. The average Bonchev–Trinajstić information content (AvgIpc) is 2.58. The number of nitrogens with zero attached hydrogens (tertiary/aromatic N) is 3. The van der Waals surface area contributed by atoms with E-state index in [-0.39, 0.29) is 0 Å². The molecule has 0 radical (unpaired) electrons. The molecule has 0 N–H and O–H groups in total. The van der Waals surface area contributed by atoms with Gasteiger partial charge in [-0.05, 0) is 5.53 Å². The summed E-state index contributed by atoms with van der Waals surface area (Å²) in [6, 6.07) is 0. The molecule has 0 fully saturated rings. The minimum Gasteiger partial charge on any atom is -0.485 e. The summed E-state index contributed by atoms with van der Waals surface area (Å²) in [5.41, 5.74) is 8.16. The van der Waals surface area contributed by atoms with Crippen LogP contribution in [0.15, 0.2) is 10.5 Å². The highest BCUT2D eigenvalue weighted by Gasteiger charge is 2.17. The first-order valence-electron chi connectivity index (χ1n) is 3.78. The lowest BCUT2D eigenvalue weighted by Crippen LogP contribution is -2.14. The SMILES string of the molecule is [N-]=[N+]=NCc1scc2c1OCCO2. The Labute approximate surface area is 78.5 Å². The van der Waals surface area contributed by atoms with E-state index in [1.807, 2.05) is 5.38 Å². The first-order chi connectivity index (χ1) is 6.42. The molecular weight excluding hydrogens is 190 g/mol. The van der Waals surface area contributed by atoms with Crippen molar-refractivity contribution in [1.82, 2.24) is 0 Å². The third-order valence-corrected chi connectivity index (χ3v) is 2.58. The molecule has 0 aromatic carbocycles. The largest absolute Gasteiger partial charge is 0.485 e. The molecule has 1 aliphatic heterocycles. The maximum atomic E-state index is 8.16. The smallest absolute Gasteiger partial charge is 0.175 e. The average molecular weight is 197 g/mol. The van der Waals surface area contributed by atoms with Crippen LogP contribution in [0.2, 0.25) is 0 Å². The molecule has 2 heterocycles. The quantitative estimate of drug-likeness (QED) is 0.415. The van der Waals surface area contributed by atoms with Crippen molar-refractivity contribution in [3.05, 3.63) is 20.7 Å². The summed E-state index contributed by atoms with van der Waals surface area (Å²) >= 11 is 1.49. The molecule has 0 unspecified atom stereocenters.